The van der Waals surface area contributed by atoms with E-state index in [2.05, 4.69) is 21.6 Å². The number of rotatable bonds is 3. The fourth-order valence-corrected chi connectivity index (χ4v) is 1.62. The van der Waals surface area contributed by atoms with Crippen molar-refractivity contribution in [2.24, 2.45) is 0 Å². The van der Waals surface area contributed by atoms with E-state index in [-0.39, 0.29) is 5.70 Å². The summed E-state index contributed by atoms with van der Waals surface area (Å²) in [6, 6.07) is 1.87. The van der Waals surface area contributed by atoms with E-state index < -0.39 is 10.1 Å². The van der Waals surface area contributed by atoms with E-state index in [0.29, 0.717) is 12.0 Å². The predicted octanol–water partition coefficient (Wildman–Crippen LogP) is 1.21. The SMILES string of the molecule is CS(=O)(=O)ONC(C#N)=C1C#CCCCCC1. The Morgan fingerprint density at radius 2 is 2.24 bits per heavy atom. The topological polar surface area (TPSA) is 79.2 Å². The van der Waals surface area contributed by atoms with E-state index >= 15 is 0 Å². The van der Waals surface area contributed by atoms with Crippen LogP contribution in [-0.2, 0) is 14.4 Å². The molecule has 0 radical (unpaired) electrons. The van der Waals surface area contributed by atoms with Crippen molar-refractivity contribution >= 4 is 10.1 Å². The van der Waals surface area contributed by atoms with Gasteiger partial charge < -0.3 is 0 Å². The molecule has 0 heterocycles. The highest BCUT2D eigenvalue weighted by Gasteiger charge is 2.09. The van der Waals surface area contributed by atoms with Crippen LogP contribution in [0, 0.1) is 23.2 Å². The minimum atomic E-state index is -3.63. The van der Waals surface area contributed by atoms with Gasteiger partial charge in [-0.25, -0.2) is 5.48 Å². The Balaban J connectivity index is 2.85. The smallest absolute Gasteiger partial charge is 0.238 e. The molecule has 6 heteroatoms. The van der Waals surface area contributed by atoms with Gasteiger partial charge in [-0.3, -0.25) is 0 Å². The molecular weight excluding hydrogens is 240 g/mol. The maximum atomic E-state index is 10.8. The van der Waals surface area contributed by atoms with E-state index in [4.69, 9.17) is 5.26 Å². The van der Waals surface area contributed by atoms with E-state index in [1.165, 1.54) is 0 Å². The lowest BCUT2D eigenvalue weighted by molar-refractivity contribution is 0.243. The molecule has 0 fully saturated rings. The molecule has 0 amide bonds. The van der Waals surface area contributed by atoms with E-state index in [9.17, 15) is 8.42 Å². The molecule has 0 saturated carbocycles. The largest absolute Gasteiger partial charge is 0.284 e. The number of hydrogen-bond donors (Lipinski definition) is 1. The number of nitriles is 1. The average molecular weight is 254 g/mol. The molecule has 0 aliphatic heterocycles. The highest BCUT2D eigenvalue weighted by molar-refractivity contribution is 7.85. The van der Waals surface area contributed by atoms with Crippen LogP contribution in [0.5, 0.6) is 0 Å². The molecule has 0 saturated heterocycles. The zero-order valence-electron chi connectivity index (χ0n) is 9.62. The minimum Gasteiger partial charge on any atom is -0.238 e. The van der Waals surface area contributed by atoms with Crippen LogP contribution < -0.4 is 5.48 Å². The third kappa shape index (κ3) is 5.39. The summed E-state index contributed by atoms with van der Waals surface area (Å²) in [5.41, 5.74) is 2.84. The first kappa shape index (κ1) is 13.6. The van der Waals surface area contributed by atoms with Gasteiger partial charge in [-0.05, 0) is 19.3 Å². The standard InChI is InChI=1S/C11H14N2O3S/c1-17(14,15)16-13-11(9-12)10-7-5-3-2-4-6-8-10/h13H,2-5,7H2,1H3. The molecule has 0 spiro atoms. The normalized spacial score (nSPS) is 19.1. The highest BCUT2D eigenvalue weighted by Crippen LogP contribution is 2.15. The summed E-state index contributed by atoms with van der Waals surface area (Å²) < 4.78 is 26.0. The molecule has 0 atom stereocenters. The predicted molar refractivity (Wildman–Crippen MR) is 62.6 cm³/mol. The summed E-state index contributed by atoms with van der Waals surface area (Å²) in [5, 5.41) is 8.92. The Morgan fingerprint density at radius 1 is 1.47 bits per heavy atom. The van der Waals surface area contributed by atoms with Gasteiger partial charge in [0.15, 0.2) is 5.70 Å². The van der Waals surface area contributed by atoms with Crippen LogP contribution in [-0.4, -0.2) is 14.7 Å². The second-order valence-corrected chi connectivity index (χ2v) is 5.29. The molecule has 1 N–H and O–H groups in total. The maximum absolute atomic E-state index is 10.8. The summed E-state index contributed by atoms with van der Waals surface area (Å²) in [6.45, 7) is 0. The van der Waals surface area contributed by atoms with Crippen molar-refractivity contribution in [2.45, 2.75) is 32.1 Å². The van der Waals surface area contributed by atoms with Gasteiger partial charge in [0.05, 0.1) is 6.26 Å². The van der Waals surface area contributed by atoms with Crippen LogP contribution in [0.1, 0.15) is 32.1 Å². The number of allylic oxidation sites excluding steroid dienone is 2. The van der Waals surface area contributed by atoms with Crippen molar-refractivity contribution < 1.29 is 12.7 Å². The zero-order valence-corrected chi connectivity index (χ0v) is 10.4. The summed E-state index contributed by atoms with van der Waals surface area (Å²) in [7, 11) is -3.63. The summed E-state index contributed by atoms with van der Waals surface area (Å²) in [6.07, 6.45) is 5.43. The molecule has 0 bridgehead atoms. The van der Waals surface area contributed by atoms with Gasteiger partial charge in [0.1, 0.15) is 6.07 Å². The van der Waals surface area contributed by atoms with Gasteiger partial charge in [-0.15, -0.1) is 0 Å². The number of hydrogen-bond acceptors (Lipinski definition) is 5. The first-order valence-electron chi connectivity index (χ1n) is 5.29. The highest BCUT2D eigenvalue weighted by atomic mass is 32.2. The molecule has 1 aliphatic rings. The lowest BCUT2D eigenvalue weighted by atomic mass is 10.0. The Kier molecular flexibility index (Phi) is 5.02. The third-order valence-electron chi connectivity index (χ3n) is 2.18. The lowest BCUT2D eigenvalue weighted by Crippen LogP contribution is -2.19. The Hall–Kier alpha value is -1.50. The second kappa shape index (κ2) is 6.29. The molecule has 0 aromatic rings. The van der Waals surface area contributed by atoms with Crippen molar-refractivity contribution in [3.05, 3.63) is 11.3 Å². The van der Waals surface area contributed by atoms with Crippen LogP contribution >= 0.6 is 0 Å². The average Bonchev–Trinajstić information content (AvgIpc) is 2.19. The Bertz CT molecular complexity index is 503. The molecule has 92 valence electrons. The molecule has 0 unspecified atom stereocenters. The van der Waals surface area contributed by atoms with Crippen LogP contribution in [0.3, 0.4) is 0 Å². The number of nitrogens with one attached hydrogen (secondary N) is 1. The molecule has 17 heavy (non-hydrogen) atoms. The fraction of sp³-hybridized carbons (Fsp3) is 0.545. The molecule has 1 aliphatic carbocycles. The van der Waals surface area contributed by atoms with Crippen molar-refractivity contribution in [2.75, 3.05) is 6.26 Å². The lowest BCUT2D eigenvalue weighted by Gasteiger charge is -2.08. The van der Waals surface area contributed by atoms with E-state index in [1.54, 1.807) is 0 Å². The molecule has 0 aromatic heterocycles. The van der Waals surface area contributed by atoms with E-state index in [1.807, 2.05) is 6.07 Å². The van der Waals surface area contributed by atoms with Crippen LogP contribution in [0.2, 0.25) is 0 Å². The molecule has 1 rings (SSSR count). The van der Waals surface area contributed by atoms with Crippen molar-refractivity contribution in [3.8, 4) is 17.9 Å². The fourth-order valence-electron chi connectivity index (χ4n) is 1.38. The van der Waals surface area contributed by atoms with Crippen molar-refractivity contribution in [1.29, 1.82) is 5.26 Å². The van der Waals surface area contributed by atoms with Crippen molar-refractivity contribution in [1.82, 2.24) is 5.48 Å². The van der Waals surface area contributed by atoms with Gasteiger partial charge >= 0.3 is 0 Å². The number of nitrogens with zero attached hydrogens (tertiary/aromatic N) is 1. The first-order chi connectivity index (χ1) is 8.03. The van der Waals surface area contributed by atoms with Gasteiger partial charge in [-0.2, -0.15) is 18.0 Å². The maximum Gasteiger partial charge on any atom is 0.284 e. The molecule has 5 nitrogen and oxygen atoms in total. The second-order valence-electron chi connectivity index (χ2n) is 3.72. The quantitative estimate of drug-likeness (QED) is 0.465. The third-order valence-corrected chi connectivity index (χ3v) is 2.56. The van der Waals surface area contributed by atoms with Gasteiger partial charge in [0.2, 0.25) is 0 Å². The van der Waals surface area contributed by atoms with Crippen LogP contribution in [0.15, 0.2) is 11.3 Å². The first-order valence-corrected chi connectivity index (χ1v) is 7.11. The summed E-state index contributed by atoms with van der Waals surface area (Å²) >= 11 is 0. The summed E-state index contributed by atoms with van der Waals surface area (Å²) in [5.74, 6) is 5.82. The summed E-state index contributed by atoms with van der Waals surface area (Å²) in [4.78, 5) is 0. The van der Waals surface area contributed by atoms with Crippen molar-refractivity contribution in [3.63, 3.8) is 0 Å². The Labute approximate surface area is 102 Å². The van der Waals surface area contributed by atoms with Gasteiger partial charge in [0, 0.05) is 12.0 Å². The molecular formula is C11H14N2O3S. The number of hydroxylamine groups is 1. The zero-order chi connectivity index (χ0) is 12.7. The van der Waals surface area contributed by atoms with Gasteiger partial charge in [-0.1, -0.05) is 18.3 Å². The van der Waals surface area contributed by atoms with Crippen LogP contribution in [0.25, 0.3) is 0 Å². The van der Waals surface area contributed by atoms with Gasteiger partial charge in [0.25, 0.3) is 10.1 Å². The monoisotopic (exact) mass is 254 g/mol. The van der Waals surface area contributed by atoms with E-state index in [0.717, 1.165) is 31.9 Å². The minimum absolute atomic E-state index is 0.0739. The van der Waals surface area contributed by atoms with Crippen LogP contribution in [0.4, 0.5) is 0 Å². The Morgan fingerprint density at radius 3 is 2.88 bits per heavy atom. The molecule has 0 aromatic carbocycles.